The minimum atomic E-state index is -0.444. The summed E-state index contributed by atoms with van der Waals surface area (Å²) >= 11 is 2.41. The summed E-state index contributed by atoms with van der Waals surface area (Å²) < 4.78 is 55.9. The first-order chi connectivity index (χ1) is 36.4. The molecule has 2 aliphatic carbocycles. The van der Waals surface area contributed by atoms with Crippen molar-refractivity contribution in [1.29, 1.82) is 0 Å². The Balaban J connectivity index is 0.943. The molecule has 2 unspecified atom stereocenters. The van der Waals surface area contributed by atoms with Crippen molar-refractivity contribution in [3.05, 3.63) is 221 Å². The fraction of sp³-hybridized carbons (Fsp3) is 0.0968. The predicted octanol–water partition coefficient (Wildman–Crippen LogP) is 13.9. The quantitative estimate of drug-likeness (QED) is 0.142. The van der Waals surface area contributed by atoms with Gasteiger partial charge in [-0.05, 0) is 18.1 Å². The van der Waals surface area contributed by atoms with Crippen molar-refractivity contribution in [2.24, 2.45) is 5.92 Å². The van der Waals surface area contributed by atoms with Gasteiger partial charge in [0.05, 0.1) is 6.85 Å². The summed E-state index contributed by atoms with van der Waals surface area (Å²) in [5.41, 5.74) is 12.4. The van der Waals surface area contributed by atoms with Gasteiger partial charge in [0, 0.05) is 11.8 Å². The van der Waals surface area contributed by atoms with Gasteiger partial charge in [0.15, 0.2) is 0 Å². The minimum absolute atomic E-state index is 0.101. The number of hydrogen-bond donors (Lipinski definition) is 0. The molecule has 0 bridgehead atoms. The first-order valence-corrected chi connectivity index (χ1v) is 24.3. The number of ketones is 2. The van der Waals surface area contributed by atoms with Gasteiger partial charge in [-0.3, -0.25) is 0 Å². The Hall–Kier alpha value is -7.99. The van der Waals surface area contributed by atoms with Crippen LogP contribution in [0.5, 0.6) is 11.5 Å². The number of hydrogen-bond acceptors (Lipinski definition) is 4. The molecule has 8 aromatic carbocycles. The van der Waals surface area contributed by atoms with Crippen LogP contribution >= 0.6 is 0 Å². The van der Waals surface area contributed by atoms with Crippen LogP contribution in [0.1, 0.15) is 42.3 Å². The molecule has 70 heavy (non-hydrogen) atoms. The van der Waals surface area contributed by atoms with Gasteiger partial charge in [0.25, 0.3) is 0 Å². The van der Waals surface area contributed by atoms with Crippen molar-refractivity contribution in [3.63, 3.8) is 0 Å². The van der Waals surface area contributed by atoms with Crippen LogP contribution in [0.25, 0.3) is 83.4 Å². The Labute approximate surface area is 422 Å². The molecule has 0 amide bonds. The van der Waals surface area contributed by atoms with Crippen molar-refractivity contribution in [2.75, 3.05) is 0 Å². The van der Waals surface area contributed by atoms with Gasteiger partial charge in [-0.25, -0.2) is 0 Å². The van der Waals surface area contributed by atoms with E-state index in [0.717, 1.165) is 75.9 Å². The molecule has 0 N–H and O–H groups in total. The summed E-state index contributed by atoms with van der Waals surface area (Å²) in [6.45, 7) is 1.85. The van der Waals surface area contributed by atoms with E-state index >= 15 is 0 Å². The Bertz CT molecular complexity index is 4270. The van der Waals surface area contributed by atoms with Crippen molar-refractivity contribution < 1.29 is 40.5 Å². The summed E-state index contributed by atoms with van der Waals surface area (Å²) in [5.74, 6) is 1.27. The molecule has 1 fully saturated rings. The number of Topliss-reactive ketones (excluding diaryl/α,β-unsaturated/α-hetero) is 2. The van der Waals surface area contributed by atoms with E-state index in [2.05, 4.69) is 83.1 Å². The number of carbonyl (C=O) groups is 2. The van der Waals surface area contributed by atoms with E-state index in [0.29, 0.717) is 46.8 Å². The van der Waals surface area contributed by atoms with Gasteiger partial charge in [0.1, 0.15) is 0 Å². The van der Waals surface area contributed by atoms with Crippen LogP contribution < -0.4 is 4.74 Å². The SMILES string of the molecule is [2H]c1c([2H])c([2H])c(-c2cnc(-n3c4[c-]c(Oc5[c-]c(-n6[c](=[Pt])n(-c7c(-c8ccccc8)cc8c(c7-c7ccccc7)CC(=O)C7CC(=O)CC87)c7ccccc76)ccc5)ccc4c4ccccc43)cc2C)c([2H])c1[2H]. The molecule has 3 heterocycles. The molecule has 0 radical (unpaired) electrons. The van der Waals surface area contributed by atoms with Crippen LogP contribution in [-0.4, -0.2) is 30.3 Å². The van der Waals surface area contributed by atoms with Crippen LogP contribution in [0.4, 0.5) is 0 Å². The van der Waals surface area contributed by atoms with Crippen LogP contribution in [0.15, 0.2) is 188 Å². The number of pyridine rings is 1. The molecule has 8 heteroatoms. The number of para-hydroxylation sites is 3. The first kappa shape index (κ1) is 37.0. The van der Waals surface area contributed by atoms with Gasteiger partial charge >= 0.3 is 345 Å². The fourth-order valence-electron chi connectivity index (χ4n) is 10.8. The average Bonchev–Trinajstić information content (AvgIpc) is 4.17. The number of rotatable bonds is 8. The van der Waals surface area contributed by atoms with Crippen LogP contribution in [0, 0.1) is 28.8 Å². The number of benzene rings is 8. The molecule has 1 saturated carbocycles. The third kappa shape index (κ3) is 6.90. The number of aromatic nitrogens is 4. The number of imidazole rings is 1. The summed E-state index contributed by atoms with van der Waals surface area (Å²) in [6.07, 6.45) is 2.48. The van der Waals surface area contributed by atoms with E-state index in [1.807, 2.05) is 121 Å². The molecule has 2 atom stereocenters. The summed E-state index contributed by atoms with van der Waals surface area (Å²) in [6, 6.07) is 56.2. The van der Waals surface area contributed by atoms with E-state index < -0.39 is 18.1 Å². The Kier molecular flexibility index (Phi) is 8.93. The van der Waals surface area contributed by atoms with Gasteiger partial charge in [-0.15, -0.1) is 0 Å². The second-order valence-corrected chi connectivity index (χ2v) is 19.0. The zero-order chi connectivity index (χ0) is 51.4. The molecule has 7 nitrogen and oxygen atoms in total. The van der Waals surface area contributed by atoms with Gasteiger partial charge in [0.2, 0.25) is 0 Å². The third-order valence-electron chi connectivity index (χ3n) is 13.9. The molecular weight excluding hydrogens is 1040 g/mol. The molecule has 0 spiro atoms. The molecule has 13 rings (SSSR count). The molecule has 0 aliphatic heterocycles. The zero-order valence-electron chi connectivity index (χ0n) is 42.6. The number of fused-ring (bicyclic) bond motifs is 7. The molecule has 11 aromatic rings. The molecule has 2 aliphatic rings. The van der Waals surface area contributed by atoms with Crippen LogP contribution in [0.3, 0.4) is 0 Å². The number of ether oxygens (including phenoxy) is 1. The molecule has 3 aromatic heterocycles. The molecular formula is C62H42N4O3Pt-2. The van der Waals surface area contributed by atoms with E-state index in [4.69, 9.17) is 16.6 Å². The van der Waals surface area contributed by atoms with Gasteiger partial charge in [-0.2, -0.15) is 0 Å². The maximum absolute atomic E-state index is 14.1. The smallest absolute Gasteiger partial charge is 0.0616 e. The number of carbonyl (C=O) groups excluding carboxylic acids is 2. The van der Waals surface area contributed by atoms with E-state index in [1.165, 1.54) is 0 Å². The monoisotopic (exact) mass is 1090 g/mol. The van der Waals surface area contributed by atoms with Crippen molar-refractivity contribution >= 4 is 44.4 Å². The minimum Gasteiger partial charge on any atom is -0.0616 e. The van der Waals surface area contributed by atoms with Crippen LogP contribution in [-0.2, 0) is 35.4 Å². The summed E-state index contributed by atoms with van der Waals surface area (Å²) in [5, 5.41) is 1.91. The Morgan fingerprint density at radius 3 is 2.10 bits per heavy atom. The normalized spacial score (nSPS) is 16.5. The van der Waals surface area contributed by atoms with Gasteiger partial charge in [-0.1, -0.05) is 42.3 Å². The average molecular weight is 1090 g/mol. The van der Waals surface area contributed by atoms with Gasteiger partial charge < -0.3 is 0 Å². The topological polar surface area (TPSA) is 71.0 Å². The number of nitrogens with zero attached hydrogens (tertiary/aromatic N) is 4. The first-order valence-electron chi connectivity index (χ1n) is 25.7. The third-order valence-corrected chi connectivity index (χ3v) is 14.9. The van der Waals surface area contributed by atoms with Crippen molar-refractivity contribution in [3.8, 4) is 62.1 Å². The predicted molar refractivity (Wildman–Crippen MR) is 272 cm³/mol. The van der Waals surface area contributed by atoms with Crippen LogP contribution in [0.2, 0.25) is 0 Å². The number of aryl methyl sites for hydroxylation is 1. The second-order valence-electron chi connectivity index (χ2n) is 17.9. The van der Waals surface area contributed by atoms with E-state index in [9.17, 15) is 9.59 Å². The maximum atomic E-state index is 14.1. The summed E-state index contributed by atoms with van der Waals surface area (Å²) in [7, 11) is 0. The summed E-state index contributed by atoms with van der Waals surface area (Å²) in [4.78, 5) is 32.0. The molecule has 0 saturated heterocycles. The van der Waals surface area contributed by atoms with E-state index in [1.54, 1.807) is 6.20 Å². The molecule has 340 valence electrons. The fourth-order valence-corrected chi connectivity index (χ4v) is 11.9. The standard InChI is InChI=1S/C62H42N4O3.Pt/c1-39-30-60(63-37-54(39)41-18-7-3-8-19-41)66-55-25-12-11-24-47(55)48-29-28-46(34-58(48)66)69-45-23-15-22-43(31-45)64-38-65(57-27-14-13-26-56(57)64)62-49(40-16-5-2-6-17-40)35-51-50-32-44(67)33-52(50)59(68)36-53(51)61(62)42-20-9-4-10-21-42;/h2-30,35,37,50,52H,32-33,36H2,1H3;/q-2;/i3D,7D,8D,18D,19D;. The Morgan fingerprint density at radius 1 is 0.643 bits per heavy atom. The second kappa shape index (κ2) is 16.9. The van der Waals surface area contributed by atoms with Crippen molar-refractivity contribution in [1.82, 2.24) is 18.7 Å². The van der Waals surface area contributed by atoms with E-state index in [-0.39, 0.29) is 47.5 Å². The Morgan fingerprint density at radius 2 is 1.33 bits per heavy atom. The van der Waals surface area contributed by atoms with Crippen molar-refractivity contribution in [2.45, 2.75) is 32.1 Å². The zero-order valence-corrected chi connectivity index (χ0v) is 39.9.